The van der Waals surface area contributed by atoms with E-state index in [0.717, 1.165) is 18.7 Å². The Labute approximate surface area is 178 Å². The van der Waals surface area contributed by atoms with Gasteiger partial charge in [-0.2, -0.15) is 0 Å². The van der Waals surface area contributed by atoms with Gasteiger partial charge in [0.1, 0.15) is 0 Å². The average Bonchev–Trinajstić information content (AvgIpc) is 2.97. The molecule has 0 saturated heterocycles. The molecule has 0 radical (unpaired) electrons. The van der Waals surface area contributed by atoms with E-state index in [1.54, 1.807) is 0 Å². The third-order valence-electron chi connectivity index (χ3n) is 6.13. The third-order valence-corrected chi connectivity index (χ3v) is 6.13. The van der Waals surface area contributed by atoms with Crippen LogP contribution in [0.3, 0.4) is 0 Å². The number of nitrogens with two attached hydrogens (primary N) is 1. The SMILES string of the molecule is N[C@H](c1ccccc1)[C@@H](c1ccccc1)N1Cc2ccccc2-c2ccccc2C1. The Morgan fingerprint density at radius 1 is 0.533 bits per heavy atom. The highest BCUT2D eigenvalue weighted by Crippen LogP contribution is 2.39. The van der Waals surface area contributed by atoms with Gasteiger partial charge < -0.3 is 5.73 Å². The molecule has 4 aromatic carbocycles. The molecule has 1 heterocycles. The molecule has 0 aliphatic carbocycles. The van der Waals surface area contributed by atoms with E-state index >= 15 is 0 Å². The topological polar surface area (TPSA) is 29.3 Å². The van der Waals surface area contributed by atoms with Gasteiger partial charge in [-0.15, -0.1) is 0 Å². The first-order chi connectivity index (χ1) is 14.8. The fourth-order valence-corrected chi connectivity index (χ4v) is 4.69. The fraction of sp³-hybridized carbons (Fsp3) is 0.143. The summed E-state index contributed by atoms with van der Waals surface area (Å²) in [4.78, 5) is 2.54. The van der Waals surface area contributed by atoms with Crippen molar-refractivity contribution in [2.45, 2.75) is 25.2 Å². The monoisotopic (exact) mass is 390 g/mol. The molecule has 0 fully saturated rings. The minimum Gasteiger partial charge on any atom is -0.322 e. The van der Waals surface area contributed by atoms with Crippen molar-refractivity contribution >= 4 is 0 Å². The van der Waals surface area contributed by atoms with Crippen LogP contribution in [0.4, 0.5) is 0 Å². The summed E-state index contributed by atoms with van der Waals surface area (Å²) in [5.74, 6) is 0. The highest BCUT2D eigenvalue weighted by molar-refractivity contribution is 5.71. The summed E-state index contributed by atoms with van der Waals surface area (Å²) in [7, 11) is 0. The lowest BCUT2D eigenvalue weighted by Gasteiger charge is -2.36. The molecule has 0 aromatic heterocycles. The fourth-order valence-electron chi connectivity index (χ4n) is 4.69. The molecule has 2 atom stereocenters. The van der Waals surface area contributed by atoms with Crippen LogP contribution in [0.15, 0.2) is 109 Å². The van der Waals surface area contributed by atoms with Crippen LogP contribution in [0.2, 0.25) is 0 Å². The molecule has 0 bridgehead atoms. The molecule has 4 aromatic rings. The van der Waals surface area contributed by atoms with Crippen molar-refractivity contribution in [1.29, 1.82) is 0 Å². The Morgan fingerprint density at radius 2 is 0.967 bits per heavy atom. The molecule has 2 heteroatoms. The van der Waals surface area contributed by atoms with Gasteiger partial charge in [-0.3, -0.25) is 4.90 Å². The van der Waals surface area contributed by atoms with Crippen LogP contribution in [-0.4, -0.2) is 4.90 Å². The number of nitrogens with zero attached hydrogens (tertiary/aromatic N) is 1. The van der Waals surface area contributed by atoms with Crippen LogP contribution in [0.25, 0.3) is 11.1 Å². The standard InChI is InChI=1S/C28H26N2/c29-27(21-11-3-1-4-12-21)28(22-13-5-2-6-14-22)30-19-23-15-7-9-17-25(23)26-18-10-8-16-24(26)20-30/h1-18,27-28H,19-20,29H2/t27-,28-/m1/s1. The van der Waals surface area contributed by atoms with Crippen LogP contribution in [0.1, 0.15) is 34.3 Å². The van der Waals surface area contributed by atoms with E-state index in [2.05, 4.69) is 108 Å². The van der Waals surface area contributed by atoms with Gasteiger partial charge in [0.05, 0.1) is 6.04 Å². The van der Waals surface area contributed by atoms with E-state index in [1.165, 1.54) is 27.8 Å². The Balaban J connectivity index is 1.63. The Morgan fingerprint density at radius 3 is 1.50 bits per heavy atom. The van der Waals surface area contributed by atoms with Crippen LogP contribution < -0.4 is 5.73 Å². The van der Waals surface area contributed by atoms with Crippen LogP contribution in [0, 0.1) is 0 Å². The van der Waals surface area contributed by atoms with Gasteiger partial charge in [0.15, 0.2) is 0 Å². The van der Waals surface area contributed by atoms with Gasteiger partial charge in [0, 0.05) is 19.1 Å². The summed E-state index contributed by atoms with van der Waals surface area (Å²) < 4.78 is 0. The molecule has 148 valence electrons. The summed E-state index contributed by atoms with van der Waals surface area (Å²) >= 11 is 0. The second-order valence-electron chi connectivity index (χ2n) is 8.01. The maximum atomic E-state index is 6.95. The molecule has 0 saturated carbocycles. The zero-order valence-electron chi connectivity index (χ0n) is 17.0. The number of hydrogen-bond donors (Lipinski definition) is 1. The third kappa shape index (κ3) is 3.56. The van der Waals surface area contributed by atoms with Gasteiger partial charge in [-0.1, -0.05) is 109 Å². The predicted molar refractivity (Wildman–Crippen MR) is 124 cm³/mol. The molecule has 30 heavy (non-hydrogen) atoms. The molecule has 1 aliphatic heterocycles. The Hall–Kier alpha value is -3.20. The first kappa shape index (κ1) is 18.8. The lowest BCUT2D eigenvalue weighted by molar-refractivity contribution is 0.155. The van der Waals surface area contributed by atoms with Crippen LogP contribution in [0.5, 0.6) is 0 Å². The Kier molecular flexibility index (Phi) is 5.18. The molecule has 0 unspecified atom stereocenters. The minimum atomic E-state index is -0.119. The molecule has 1 aliphatic rings. The number of rotatable bonds is 4. The second-order valence-corrected chi connectivity index (χ2v) is 8.01. The molecule has 0 amide bonds. The van der Waals surface area contributed by atoms with Gasteiger partial charge in [0.2, 0.25) is 0 Å². The summed E-state index contributed by atoms with van der Waals surface area (Å²) in [6.07, 6.45) is 0. The number of hydrogen-bond acceptors (Lipinski definition) is 2. The van der Waals surface area contributed by atoms with Gasteiger partial charge >= 0.3 is 0 Å². The molecular formula is C28H26N2. The van der Waals surface area contributed by atoms with Crippen LogP contribution in [-0.2, 0) is 13.1 Å². The van der Waals surface area contributed by atoms with Crippen molar-refractivity contribution in [3.05, 3.63) is 131 Å². The van der Waals surface area contributed by atoms with Crippen molar-refractivity contribution in [1.82, 2.24) is 4.90 Å². The Bertz CT molecular complexity index is 1070. The zero-order valence-corrected chi connectivity index (χ0v) is 17.0. The predicted octanol–water partition coefficient (Wildman–Crippen LogP) is 6.11. The molecule has 2 nitrogen and oxygen atoms in total. The van der Waals surface area contributed by atoms with E-state index in [4.69, 9.17) is 5.73 Å². The van der Waals surface area contributed by atoms with Gasteiger partial charge in [0.25, 0.3) is 0 Å². The highest BCUT2D eigenvalue weighted by atomic mass is 15.2. The van der Waals surface area contributed by atoms with E-state index in [1.807, 2.05) is 6.07 Å². The second kappa shape index (κ2) is 8.27. The molecule has 5 rings (SSSR count). The maximum Gasteiger partial charge on any atom is 0.0548 e. The van der Waals surface area contributed by atoms with Crippen molar-refractivity contribution in [3.8, 4) is 11.1 Å². The average molecular weight is 391 g/mol. The van der Waals surface area contributed by atoms with Crippen LogP contribution >= 0.6 is 0 Å². The lowest BCUT2D eigenvalue weighted by Crippen LogP contribution is -2.35. The smallest absolute Gasteiger partial charge is 0.0548 e. The first-order valence-corrected chi connectivity index (χ1v) is 10.6. The van der Waals surface area contributed by atoms with E-state index in [0.29, 0.717) is 0 Å². The van der Waals surface area contributed by atoms with Crippen molar-refractivity contribution in [2.24, 2.45) is 5.73 Å². The zero-order chi connectivity index (χ0) is 20.3. The van der Waals surface area contributed by atoms with Gasteiger partial charge in [-0.25, -0.2) is 0 Å². The normalized spacial score (nSPS) is 15.5. The summed E-state index contributed by atoms with van der Waals surface area (Å²) in [5.41, 5.74) is 14.7. The largest absolute Gasteiger partial charge is 0.322 e. The van der Waals surface area contributed by atoms with E-state index in [9.17, 15) is 0 Å². The summed E-state index contributed by atoms with van der Waals surface area (Å²) in [6, 6.07) is 38.7. The van der Waals surface area contributed by atoms with Crippen molar-refractivity contribution in [3.63, 3.8) is 0 Å². The van der Waals surface area contributed by atoms with Crippen molar-refractivity contribution < 1.29 is 0 Å². The highest BCUT2D eigenvalue weighted by Gasteiger charge is 2.30. The minimum absolute atomic E-state index is 0.0767. The summed E-state index contributed by atoms with van der Waals surface area (Å²) in [5, 5.41) is 0. The maximum absolute atomic E-state index is 6.95. The lowest BCUT2D eigenvalue weighted by atomic mass is 9.92. The molecule has 0 spiro atoms. The quantitative estimate of drug-likeness (QED) is 0.455. The molecule has 2 N–H and O–H groups in total. The first-order valence-electron chi connectivity index (χ1n) is 10.6. The number of benzene rings is 4. The van der Waals surface area contributed by atoms with Gasteiger partial charge in [-0.05, 0) is 33.4 Å². The van der Waals surface area contributed by atoms with E-state index < -0.39 is 0 Å². The van der Waals surface area contributed by atoms with E-state index in [-0.39, 0.29) is 12.1 Å². The molecular weight excluding hydrogens is 364 g/mol. The van der Waals surface area contributed by atoms with Crippen molar-refractivity contribution in [2.75, 3.05) is 0 Å². The number of fused-ring (bicyclic) bond motifs is 3. The summed E-state index contributed by atoms with van der Waals surface area (Å²) in [6.45, 7) is 1.73.